The Hall–Kier alpha value is -2.32. The van der Waals surface area contributed by atoms with Gasteiger partial charge in [-0.1, -0.05) is 71.0 Å². The van der Waals surface area contributed by atoms with Crippen molar-refractivity contribution in [2.45, 2.75) is 90.6 Å². The molecule has 1 saturated heterocycles. The van der Waals surface area contributed by atoms with Gasteiger partial charge in [-0.3, -0.25) is 14.5 Å². The summed E-state index contributed by atoms with van der Waals surface area (Å²) in [5.74, 6) is -0.697. The van der Waals surface area contributed by atoms with Crippen molar-refractivity contribution in [3.8, 4) is 0 Å². The van der Waals surface area contributed by atoms with Crippen LogP contribution >= 0.6 is 11.8 Å². The first kappa shape index (κ1) is 31.9. The molecule has 8 heteroatoms. The molecule has 7 nitrogen and oxygen atoms in total. The second kappa shape index (κ2) is 12.7. The van der Waals surface area contributed by atoms with Gasteiger partial charge in [-0.05, 0) is 51.6 Å². The molecule has 1 aromatic carbocycles. The number of carbonyl (C=O) groups excluding carboxylic acids is 3. The largest absolute Gasteiger partial charge is 0.463 e. The van der Waals surface area contributed by atoms with Crippen molar-refractivity contribution in [3.05, 3.63) is 47.5 Å². The van der Waals surface area contributed by atoms with Gasteiger partial charge in [-0.25, -0.2) is 4.79 Å². The predicted octanol–water partition coefficient (Wildman–Crippen LogP) is 5.03. The molecule has 0 radical (unpaired) electrons. The van der Waals surface area contributed by atoms with Crippen LogP contribution in [0.5, 0.6) is 0 Å². The number of thioether (sulfide) groups is 1. The second-order valence-electron chi connectivity index (χ2n) is 12.1. The minimum atomic E-state index is -0.748. The number of esters is 1. The molecule has 1 heterocycles. The van der Waals surface area contributed by atoms with Gasteiger partial charge in [0.25, 0.3) is 0 Å². The molecule has 1 unspecified atom stereocenters. The van der Waals surface area contributed by atoms with Crippen LogP contribution in [0.4, 0.5) is 0 Å². The highest BCUT2D eigenvalue weighted by atomic mass is 32.2. The van der Waals surface area contributed by atoms with Gasteiger partial charge in [0.05, 0.1) is 18.0 Å². The summed E-state index contributed by atoms with van der Waals surface area (Å²) in [6.45, 7) is 17.8. The smallest absolute Gasteiger partial charge is 0.333 e. The van der Waals surface area contributed by atoms with E-state index in [2.05, 4.69) is 36.2 Å². The van der Waals surface area contributed by atoms with Crippen molar-refractivity contribution < 1.29 is 19.1 Å². The SMILES string of the molecule is CCOC(=O)/C(C)=C/[C@H](C(C)C)N(C)C(=O)C(NC(=O)[C@H]1N(C)[C@@H](c2ccccc2)SC1(C)C)C(C)(C)C. The van der Waals surface area contributed by atoms with Gasteiger partial charge < -0.3 is 15.0 Å². The lowest BCUT2D eigenvalue weighted by molar-refractivity contribution is -0.141. The van der Waals surface area contributed by atoms with Gasteiger partial charge in [-0.2, -0.15) is 0 Å². The third-order valence-corrected chi connectivity index (χ3v) is 8.74. The number of rotatable bonds is 9. The van der Waals surface area contributed by atoms with E-state index in [1.165, 1.54) is 0 Å². The summed E-state index contributed by atoms with van der Waals surface area (Å²) in [5.41, 5.74) is 1.07. The quantitative estimate of drug-likeness (QED) is 0.346. The van der Waals surface area contributed by atoms with Crippen molar-refractivity contribution in [1.29, 1.82) is 0 Å². The first-order chi connectivity index (χ1) is 17.5. The number of ether oxygens (including phenoxy) is 1. The number of hydrogen-bond acceptors (Lipinski definition) is 6. The maximum atomic E-state index is 13.9. The zero-order valence-corrected chi connectivity index (χ0v) is 25.8. The fraction of sp³-hybridized carbons (Fsp3) is 0.633. The number of likely N-dealkylation sites (N-methyl/N-ethyl adjacent to an activating group) is 2. The van der Waals surface area contributed by atoms with E-state index in [0.29, 0.717) is 12.2 Å². The number of benzene rings is 1. The lowest BCUT2D eigenvalue weighted by atomic mass is 9.84. The zero-order chi connectivity index (χ0) is 29.0. The van der Waals surface area contributed by atoms with Crippen molar-refractivity contribution >= 4 is 29.5 Å². The van der Waals surface area contributed by atoms with Gasteiger partial charge in [0.2, 0.25) is 11.8 Å². The Morgan fingerprint density at radius 3 is 2.26 bits per heavy atom. The highest BCUT2D eigenvalue weighted by molar-refractivity contribution is 8.01. The highest BCUT2D eigenvalue weighted by Gasteiger charge is 2.51. The molecule has 0 spiro atoms. The number of carbonyl (C=O) groups is 3. The molecule has 0 aromatic heterocycles. The van der Waals surface area contributed by atoms with Crippen molar-refractivity contribution in [1.82, 2.24) is 15.1 Å². The summed E-state index contributed by atoms with van der Waals surface area (Å²) >= 11 is 1.76. The van der Waals surface area contributed by atoms with Crippen LogP contribution in [0.3, 0.4) is 0 Å². The zero-order valence-electron chi connectivity index (χ0n) is 25.0. The Morgan fingerprint density at radius 2 is 1.76 bits per heavy atom. The predicted molar refractivity (Wildman–Crippen MR) is 156 cm³/mol. The monoisotopic (exact) mass is 545 g/mol. The van der Waals surface area contributed by atoms with Crippen LogP contribution in [0.15, 0.2) is 42.0 Å². The normalized spacial score (nSPS) is 21.6. The molecule has 2 rings (SSSR count). The first-order valence-electron chi connectivity index (χ1n) is 13.4. The Kier molecular flexibility index (Phi) is 10.7. The lowest BCUT2D eigenvalue weighted by Crippen LogP contribution is -2.60. The summed E-state index contributed by atoms with van der Waals surface area (Å²) in [4.78, 5) is 43.8. The fourth-order valence-corrected chi connectivity index (χ4v) is 6.58. The van der Waals surface area contributed by atoms with Gasteiger partial charge in [-0.15, -0.1) is 11.8 Å². The summed E-state index contributed by atoms with van der Waals surface area (Å²) in [5, 5.41) is 3.17. The third-order valence-electron chi connectivity index (χ3n) is 7.08. The molecule has 1 aliphatic heterocycles. The Balaban J connectivity index is 2.33. The molecule has 0 aliphatic carbocycles. The molecule has 38 heavy (non-hydrogen) atoms. The lowest BCUT2D eigenvalue weighted by Gasteiger charge is -2.39. The summed E-state index contributed by atoms with van der Waals surface area (Å²) < 4.78 is 4.77. The van der Waals surface area contributed by atoms with Crippen LogP contribution in [0.2, 0.25) is 0 Å². The Morgan fingerprint density at radius 1 is 1.18 bits per heavy atom. The van der Waals surface area contributed by atoms with Crippen LogP contribution in [0, 0.1) is 11.3 Å². The summed E-state index contributed by atoms with van der Waals surface area (Å²) in [7, 11) is 3.71. The van der Waals surface area contributed by atoms with Gasteiger partial charge in [0, 0.05) is 17.4 Å². The van der Waals surface area contributed by atoms with E-state index in [4.69, 9.17) is 4.74 Å². The molecule has 0 saturated carbocycles. The van der Waals surface area contributed by atoms with E-state index in [1.54, 1.807) is 43.6 Å². The molecule has 1 fully saturated rings. The Bertz CT molecular complexity index is 1020. The first-order valence-corrected chi connectivity index (χ1v) is 14.3. The van der Waals surface area contributed by atoms with Crippen LogP contribution in [0.25, 0.3) is 0 Å². The highest BCUT2D eigenvalue weighted by Crippen LogP contribution is 2.51. The summed E-state index contributed by atoms with van der Waals surface area (Å²) in [6.07, 6.45) is 1.79. The van der Waals surface area contributed by atoms with Gasteiger partial charge in [0.15, 0.2) is 0 Å². The third kappa shape index (κ3) is 7.41. The minimum absolute atomic E-state index is 0.0368. The maximum absolute atomic E-state index is 13.9. The standard InChI is InChI=1S/C30H47N3O4S/c1-12-37-28(36)20(4)18-22(19(2)3)32(10)26(35)23(29(5,6)7)31-25(34)24-30(8,9)38-27(33(24)11)21-16-14-13-15-17-21/h13-19,22-24,27H,12H2,1-11H3,(H,31,34)/b20-18+/t22-,23?,24-,27-/m1/s1. The molecule has 2 amide bonds. The van der Waals surface area contributed by atoms with Crippen molar-refractivity contribution in [2.75, 3.05) is 20.7 Å². The van der Waals surface area contributed by atoms with E-state index in [0.717, 1.165) is 5.56 Å². The molecule has 4 atom stereocenters. The van der Waals surface area contributed by atoms with E-state index < -0.39 is 23.5 Å². The van der Waals surface area contributed by atoms with E-state index in [-0.39, 0.29) is 33.9 Å². The molecule has 1 aliphatic rings. The summed E-state index contributed by atoms with van der Waals surface area (Å²) in [6, 6.07) is 8.67. The van der Waals surface area contributed by atoms with Crippen molar-refractivity contribution in [2.24, 2.45) is 11.3 Å². The van der Waals surface area contributed by atoms with E-state index >= 15 is 0 Å². The Labute approximate surface area is 233 Å². The van der Waals surface area contributed by atoms with Crippen LogP contribution < -0.4 is 5.32 Å². The molecular formula is C30H47N3O4S. The van der Waals surface area contributed by atoms with Crippen LogP contribution in [-0.4, -0.2) is 71.2 Å². The topological polar surface area (TPSA) is 79.0 Å². The maximum Gasteiger partial charge on any atom is 0.333 e. The van der Waals surface area contributed by atoms with Crippen LogP contribution in [0.1, 0.15) is 73.3 Å². The number of hydrogen-bond donors (Lipinski definition) is 1. The second-order valence-corrected chi connectivity index (χ2v) is 13.8. The number of nitrogens with one attached hydrogen (secondary N) is 1. The van der Waals surface area contributed by atoms with E-state index in [9.17, 15) is 14.4 Å². The van der Waals surface area contributed by atoms with Crippen molar-refractivity contribution in [3.63, 3.8) is 0 Å². The molecule has 212 valence electrons. The molecular weight excluding hydrogens is 498 g/mol. The molecule has 1 aromatic rings. The molecule has 1 N–H and O–H groups in total. The van der Waals surface area contributed by atoms with E-state index in [1.807, 2.05) is 59.9 Å². The minimum Gasteiger partial charge on any atom is -0.463 e. The molecule has 0 bridgehead atoms. The number of amides is 2. The van der Waals surface area contributed by atoms with Crippen LogP contribution in [-0.2, 0) is 19.1 Å². The fourth-order valence-electron chi connectivity index (χ4n) is 5.02. The average molecular weight is 546 g/mol. The number of nitrogens with zero attached hydrogens (tertiary/aromatic N) is 2. The van der Waals surface area contributed by atoms with Gasteiger partial charge >= 0.3 is 5.97 Å². The average Bonchev–Trinajstić information content (AvgIpc) is 3.07. The van der Waals surface area contributed by atoms with Gasteiger partial charge in [0.1, 0.15) is 12.1 Å².